The number of hydrogen-bond donors (Lipinski definition) is 0. The number of ether oxygens (including phenoxy) is 2. The van der Waals surface area contributed by atoms with E-state index in [1.165, 1.54) is 0 Å². The minimum Gasteiger partial charge on any atom is -0.496 e. The SMILES string of the molecule is COc1cccc(OC)c1C(=O)N(Cc1ccccc1)C(C)C. The average molecular weight is 313 g/mol. The standard InChI is InChI=1S/C19H23NO3/c1-14(2)20(13-15-9-6-5-7-10-15)19(21)18-16(22-3)11-8-12-17(18)23-4/h5-12,14H,13H2,1-4H3. The van der Waals surface area contributed by atoms with Crippen molar-refractivity contribution in [1.29, 1.82) is 0 Å². The van der Waals surface area contributed by atoms with E-state index in [0.717, 1.165) is 5.56 Å². The molecule has 23 heavy (non-hydrogen) atoms. The van der Waals surface area contributed by atoms with Crippen LogP contribution in [0.1, 0.15) is 29.8 Å². The van der Waals surface area contributed by atoms with Gasteiger partial charge in [0.1, 0.15) is 17.1 Å². The van der Waals surface area contributed by atoms with E-state index in [2.05, 4.69) is 0 Å². The molecule has 2 rings (SSSR count). The fourth-order valence-electron chi connectivity index (χ4n) is 2.47. The lowest BCUT2D eigenvalue weighted by Gasteiger charge is -2.28. The first-order valence-electron chi connectivity index (χ1n) is 7.64. The van der Waals surface area contributed by atoms with Gasteiger partial charge in [-0.25, -0.2) is 0 Å². The van der Waals surface area contributed by atoms with Crippen LogP contribution in [0.3, 0.4) is 0 Å². The summed E-state index contributed by atoms with van der Waals surface area (Å²) in [6.45, 7) is 4.55. The van der Waals surface area contributed by atoms with E-state index in [-0.39, 0.29) is 11.9 Å². The van der Waals surface area contributed by atoms with Crippen molar-refractivity contribution in [3.8, 4) is 11.5 Å². The third-order valence-electron chi connectivity index (χ3n) is 3.72. The van der Waals surface area contributed by atoms with Crippen LogP contribution in [0.4, 0.5) is 0 Å². The highest BCUT2D eigenvalue weighted by Gasteiger charge is 2.25. The Morgan fingerprint density at radius 2 is 1.52 bits per heavy atom. The van der Waals surface area contributed by atoms with Gasteiger partial charge in [-0.05, 0) is 31.5 Å². The molecule has 0 spiro atoms. The average Bonchev–Trinajstić information content (AvgIpc) is 2.58. The van der Waals surface area contributed by atoms with Crippen molar-refractivity contribution in [2.45, 2.75) is 26.4 Å². The zero-order valence-corrected chi connectivity index (χ0v) is 14.1. The molecule has 0 N–H and O–H groups in total. The predicted molar refractivity (Wildman–Crippen MR) is 91.0 cm³/mol. The first-order valence-corrected chi connectivity index (χ1v) is 7.64. The monoisotopic (exact) mass is 313 g/mol. The minimum atomic E-state index is -0.0989. The second kappa shape index (κ2) is 7.68. The molecule has 0 aliphatic heterocycles. The maximum absolute atomic E-state index is 13.1. The summed E-state index contributed by atoms with van der Waals surface area (Å²) in [6, 6.07) is 15.4. The van der Waals surface area contributed by atoms with Crippen LogP contribution in [-0.4, -0.2) is 31.1 Å². The lowest BCUT2D eigenvalue weighted by Crippen LogP contribution is -2.36. The lowest BCUT2D eigenvalue weighted by atomic mass is 10.1. The molecule has 1 amide bonds. The fourth-order valence-corrected chi connectivity index (χ4v) is 2.47. The molecule has 0 saturated carbocycles. The number of carbonyl (C=O) groups is 1. The predicted octanol–water partition coefficient (Wildman–Crippen LogP) is 3.75. The van der Waals surface area contributed by atoms with Gasteiger partial charge in [-0.2, -0.15) is 0 Å². The summed E-state index contributed by atoms with van der Waals surface area (Å²) in [6.07, 6.45) is 0. The maximum Gasteiger partial charge on any atom is 0.261 e. The highest BCUT2D eigenvalue weighted by atomic mass is 16.5. The Labute approximate surface area is 137 Å². The van der Waals surface area contributed by atoms with E-state index in [1.54, 1.807) is 26.4 Å². The Balaban J connectivity index is 2.39. The number of carbonyl (C=O) groups excluding carboxylic acids is 1. The van der Waals surface area contributed by atoms with Gasteiger partial charge in [-0.1, -0.05) is 36.4 Å². The van der Waals surface area contributed by atoms with Crippen LogP contribution >= 0.6 is 0 Å². The van der Waals surface area contributed by atoms with Crippen LogP contribution in [0.15, 0.2) is 48.5 Å². The fraction of sp³-hybridized carbons (Fsp3) is 0.316. The Morgan fingerprint density at radius 1 is 0.957 bits per heavy atom. The van der Waals surface area contributed by atoms with Crippen LogP contribution < -0.4 is 9.47 Å². The highest BCUT2D eigenvalue weighted by molar-refractivity contribution is 5.99. The van der Waals surface area contributed by atoms with Crippen molar-refractivity contribution in [2.24, 2.45) is 0 Å². The second-order valence-electron chi connectivity index (χ2n) is 5.55. The van der Waals surface area contributed by atoms with Gasteiger partial charge in [0.15, 0.2) is 0 Å². The second-order valence-corrected chi connectivity index (χ2v) is 5.55. The molecule has 0 aromatic heterocycles. The third kappa shape index (κ3) is 3.83. The third-order valence-corrected chi connectivity index (χ3v) is 3.72. The number of hydrogen-bond acceptors (Lipinski definition) is 3. The van der Waals surface area contributed by atoms with E-state index >= 15 is 0 Å². The summed E-state index contributed by atoms with van der Waals surface area (Å²) >= 11 is 0. The first-order chi connectivity index (χ1) is 11.1. The minimum absolute atomic E-state index is 0.0531. The number of nitrogens with zero attached hydrogens (tertiary/aromatic N) is 1. The van der Waals surface area contributed by atoms with Crippen molar-refractivity contribution in [2.75, 3.05) is 14.2 Å². The molecule has 0 heterocycles. The summed E-state index contributed by atoms with van der Waals surface area (Å²) < 4.78 is 10.7. The van der Waals surface area contributed by atoms with Gasteiger partial charge < -0.3 is 14.4 Å². The van der Waals surface area contributed by atoms with Gasteiger partial charge in [0.05, 0.1) is 14.2 Å². The Hall–Kier alpha value is -2.49. The maximum atomic E-state index is 13.1. The molecule has 122 valence electrons. The molecule has 0 saturated heterocycles. The Kier molecular flexibility index (Phi) is 5.63. The zero-order valence-electron chi connectivity index (χ0n) is 14.1. The van der Waals surface area contributed by atoms with Gasteiger partial charge in [-0.3, -0.25) is 4.79 Å². The first kappa shape index (κ1) is 16.9. The molecule has 0 unspecified atom stereocenters. The molecular weight excluding hydrogens is 290 g/mol. The molecule has 0 aliphatic rings. The summed E-state index contributed by atoms with van der Waals surface area (Å²) in [7, 11) is 3.12. The molecule has 0 aliphatic carbocycles. The van der Waals surface area contributed by atoms with Crippen molar-refractivity contribution in [1.82, 2.24) is 4.90 Å². The van der Waals surface area contributed by atoms with Crippen LogP contribution in [0, 0.1) is 0 Å². The normalized spacial score (nSPS) is 10.5. The summed E-state index contributed by atoms with van der Waals surface area (Å²) in [5, 5.41) is 0. The molecule has 0 bridgehead atoms. The van der Waals surface area contributed by atoms with Gasteiger partial charge in [0.2, 0.25) is 0 Å². The van der Waals surface area contributed by atoms with Crippen LogP contribution in [0.25, 0.3) is 0 Å². The van der Waals surface area contributed by atoms with E-state index in [0.29, 0.717) is 23.6 Å². The molecular formula is C19H23NO3. The summed E-state index contributed by atoms with van der Waals surface area (Å²) in [5.74, 6) is 0.944. The molecule has 4 heteroatoms. The van der Waals surface area contributed by atoms with E-state index < -0.39 is 0 Å². The number of benzene rings is 2. The van der Waals surface area contributed by atoms with Gasteiger partial charge in [0, 0.05) is 12.6 Å². The van der Waals surface area contributed by atoms with Crippen LogP contribution in [0.5, 0.6) is 11.5 Å². The number of methoxy groups -OCH3 is 2. The van der Waals surface area contributed by atoms with Gasteiger partial charge in [0.25, 0.3) is 5.91 Å². The summed E-state index contributed by atoms with van der Waals surface area (Å²) in [4.78, 5) is 14.9. The van der Waals surface area contributed by atoms with Crippen molar-refractivity contribution >= 4 is 5.91 Å². The van der Waals surface area contributed by atoms with Crippen LogP contribution in [-0.2, 0) is 6.54 Å². The Morgan fingerprint density at radius 3 is 2.00 bits per heavy atom. The van der Waals surface area contributed by atoms with Crippen molar-refractivity contribution in [3.63, 3.8) is 0 Å². The Bertz CT molecular complexity index is 631. The lowest BCUT2D eigenvalue weighted by molar-refractivity contribution is 0.0683. The quantitative estimate of drug-likeness (QED) is 0.815. The molecule has 2 aromatic carbocycles. The van der Waals surface area contributed by atoms with Gasteiger partial charge >= 0.3 is 0 Å². The highest BCUT2D eigenvalue weighted by Crippen LogP contribution is 2.30. The number of rotatable bonds is 6. The topological polar surface area (TPSA) is 38.8 Å². The van der Waals surface area contributed by atoms with Crippen molar-refractivity contribution < 1.29 is 14.3 Å². The van der Waals surface area contributed by atoms with Gasteiger partial charge in [-0.15, -0.1) is 0 Å². The zero-order chi connectivity index (χ0) is 16.8. The smallest absolute Gasteiger partial charge is 0.261 e. The van der Waals surface area contributed by atoms with E-state index in [1.807, 2.05) is 55.1 Å². The molecule has 4 nitrogen and oxygen atoms in total. The molecule has 0 atom stereocenters. The largest absolute Gasteiger partial charge is 0.496 e. The summed E-state index contributed by atoms with van der Waals surface area (Å²) in [5.41, 5.74) is 1.55. The molecule has 0 radical (unpaired) electrons. The molecule has 0 fully saturated rings. The van der Waals surface area contributed by atoms with E-state index in [4.69, 9.17) is 9.47 Å². The molecule has 2 aromatic rings. The van der Waals surface area contributed by atoms with Crippen molar-refractivity contribution in [3.05, 3.63) is 59.7 Å². The van der Waals surface area contributed by atoms with E-state index in [9.17, 15) is 4.79 Å². The number of amides is 1. The van der Waals surface area contributed by atoms with Crippen LogP contribution in [0.2, 0.25) is 0 Å².